The van der Waals surface area contributed by atoms with E-state index in [-0.39, 0.29) is 18.2 Å². The highest BCUT2D eigenvalue weighted by molar-refractivity contribution is 5.97. The van der Waals surface area contributed by atoms with Crippen LogP contribution in [0.1, 0.15) is 64.3 Å². The summed E-state index contributed by atoms with van der Waals surface area (Å²) in [7, 11) is 3.28. The SMILES string of the molecule is CCc1nc2c(NCc3ccc(OC)cc3OC)ncc(-c3cnn(C4CCN(C(=O)OC(C)(C)C)CC4)c3)c2nc1N[C@H]1CCOC1. The summed E-state index contributed by atoms with van der Waals surface area (Å²) in [5, 5.41) is 11.8. The van der Waals surface area contributed by atoms with Crippen molar-refractivity contribution in [1.29, 1.82) is 0 Å². The number of anilines is 2. The summed E-state index contributed by atoms with van der Waals surface area (Å²) in [5.74, 6) is 2.84. The Morgan fingerprint density at radius 1 is 1.04 bits per heavy atom. The van der Waals surface area contributed by atoms with Gasteiger partial charge in [0.25, 0.3) is 0 Å². The predicted molar refractivity (Wildman–Crippen MR) is 184 cm³/mol. The number of pyridine rings is 1. The third-order valence-electron chi connectivity index (χ3n) is 8.72. The normalized spacial score (nSPS) is 17.0. The lowest BCUT2D eigenvalue weighted by atomic mass is 10.1. The van der Waals surface area contributed by atoms with Gasteiger partial charge in [0.1, 0.15) is 34.0 Å². The van der Waals surface area contributed by atoms with E-state index in [1.807, 2.05) is 62.2 Å². The fraction of sp³-hybridized carbons (Fsp3) is 0.514. The number of carbonyl (C=O) groups excluding carboxylic acids is 1. The fourth-order valence-corrected chi connectivity index (χ4v) is 6.11. The minimum atomic E-state index is -0.518. The number of hydrogen-bond donors (Lipinski definition) is 2. The minimum absolute atomic E-state index is 0.162. The molecule has 1 atom stereocenters. The van der Waals surface area contributed by atoms with Gasteiger partial charge in [-0.1, -0.05) is 6.92 Å². The van der Waals surface area contributed by atoms with Gasteiger partial charge in [0.2, 0.25) is 0 Å². The quantitative estimate of drug-likeness (QED) is 0.212. The first-order valence-corrected chi connectivity index (χ1v) is 16.7. The zero-order chi connectivity index (χ0) is 33.8. The van der Waals surface area contributed by atoms with Crippen molar-refractivity contribution in [2.45, 2.75) is 77.6 Å². The topological polar surface area (TPSA) is 138 Å². The Balaban J connectivity index is 1.30. The number of likely N-dealkylation sites (tertiary alicyclic amines) is 1. The van der Waals surface area contributed by atoms with Crippen LogP contribution in [0.4, 0.5) is 16.4 Å². The zero-order valence-corrected chi connectivity index (χ0v) is 28.7. The van der Waals surface area contributed by atoms with Gasteiger partial charge in [0.05, 0.1) is 44.8 Å². The van der Waals surface area contributed by atoms with Crippen LogP contribution in [0.2, 0.25) is 0 Å². The maximum absolute atomic E-state index is 12.6. The van der Waals surface area contributed by atoms with Crippen molar-refractivity contribution in [3.63, 3.8) is 0 Å². The highest BCUT2D eigenvalue weighted by atomic mass is 16.6. The summed E-state index contributed by atoms with van der Waals surface area (Å²) < 4.78 is 24.2. The molecule has 0 saturated carbocycles. The standard InChI is InChI=1S/C35H46N8O5/c1-7-28-32(39-24-12-15-47-21-24)41-30-27(19-37-33(31(30)40-28)36-17-22-8-9-26(45-5)16-29(22)46-6)23-18-38-43(20-23)25-10-13-42(14-11-25)34(44)48-35(2,3)4/h8-9,16,18-20,24-25H,7,10-15,17,21H2,1-6H3,(H,36,37)(H,39,41)/t24-/m0/s1. The highest BCUT2D eigenvalue weighted by Crippen LogP contribution is 2.34. The van der Waals surface area contributed by atoms with Crippen LogP contribution >= 0.6 is 0 Å². The Kier molecular flexibility index (Phi) is 9.86. The first kappa shape index (κ1) is 33.3. The van der Waals surface area contributed by atoms with Crippen molar-refractivity contribution in [2.75, 3.05) is 51.2 Å². The number of aromatic nitrogens is 5. The van der Waals surface area contributed by atoms with E-state index in [4.69, 9.17) is 39.0 Å². The molecule has 6 rings (SSSR count). The lowest BCUT2D eigenvalue weighted by Gasteiger charge is -2.33. The second kappa shape index (κ2) is 14.2. The number of amides is 1. The molecule has 4 aromatic rings. The summed E-state index contributed by atoms with van der Waals surface area (Å²) in [6.45, 7) is 10.8. The van der Waals surface area contributed by atoms with Gasteiger partial charge in [-0.3, -0.25) is 4.68 Å². The van der Waals surface area contributed by atoms with Crippen LogP contribution in [0.5, 0.6) is 11.5 Å². The number of nitrogens with one attached hydrogen (secondary N) is 2. The second-order valence-corrected chi connectivity index (χ2v) is 13.2. The molecule has 3 aromatic heterocycles. The molecule has 5 heterocycles. The summed E-state index contributed by atoms with van der Waals surface area (Å²) in [5.41, 5.74) is 4.46. The van der Waals surface area contributed by atoms with Crippen LogP contribution in [-0.4, -0.2) is 87.9 Å². The van der Waals surface area contributed by atoms with Gasteiger partial charge < -0.3 is 34.5 Å². The molecule has 0 spiro atoms. The molecule has 1 aromatic carbocycles. The van der Waals surface area contributed by atoms with Gasteiger partial charge in [-0.15, -0.1) is 0 Å². The van der Waals surface area contributed by atoms with Crippen LogP contribution < -0.4 is 20.1 Å². The fourth-order valence-electron chi connectivity index (χ4n) is 6.11. The smallest absolute Gasteiger partial charge is 0.410 e. The maximum Gasteiger partial charge on any atom is 0.410 e. The van der Waals surface area contributed by atoms with Crippen molar-refractivity contribution >= 4 is 28.8 Å². The number of hydrogen-bond acceptors (Lipinski definition) is 11. The Bertz CT molecular complexity index is 1740. The monoisotopic (exact) mass is 658 g/mol. The Morgan fingerprint density at radius 3 is 2.54 bits per heavy atom. The minimum Gasteiger partial charge on any atom is -0.497 e. The van der Waals surface area contributed by atoms with Crippen molar-refractivity contribution in [1.82, 2.24) is 29.6 Å². The molecule has 2 aliphatic heterocycles. The summed E-state index contributed by atoms with van der Waals surface area (Å²) in [4.78, 5) is 29.6. The number of ether oxygens (including phenoxy) is 4. The predicted octanol–water partition coefficient (Wildman–Crippen LogP) is 5.85. The van der Waals surface area contributed by atoms with Crippen molar-refractivity contribution in [3.05, 3.63) is 48.0 Å². The molecule has 0 aliphatic carbocycles. The molecular weight excluding hydrogens is 612 g/mol. The molecule has 0 radical (unpaired) electrons. The Labute approximate surface area is 281 Å². The van der Waals surface area contributed by atoms with Crippen LogP contribution in [0.15, 0.2) is 36.8 Å². The molecule has 2 aliphatic rings. The molecule has 13 nitrogen and oxygen atoms in total. The number of methoxy groups -OCH3 is 2. The molecular formula is C35H46N8O5. The average molecular weight is 659 g/mol. The van der Waals surface area contributed by atoms with E-state index in [9.17, 15) is 4.79 Å². The molecule has 1 amide bonds. The van der Waals surface area contributed by atoms with Crippen molar-refractivity contribution < 1.29 is 23.7 Å². The van der Waals surface area contributed by atoms with E-state index in [0.29, 0.717) is 44.0 Å². The lowest BCUT2D eigenvalue weighted by molar-refractivity contribution is 0.0184. The largest absolute Gasteiger partial charge is 0.497 e. The first-order chi connectivity index (χ1) is 23.1. The highest BCUT2D eigenvalue weighted by Gasteiger charge is 2.28. The van der Waals surface area contributed by atoms with Gasteiger partial charge in [0.15, 0.2) is 5.82 Å². The first-order valence-electron chi connectivity index (χ1n) is 16.7. The van der Waals surface area contributed by atoms with Gasteiger partial charge >= 0.3 is 6.09 Å². The summed E-state index contributed by atoms with van der Waals surface area (Å²) in [6, 6.07) is 6.09. The van der Waals surface area contributed by atoms with E-state index in [1.54, 1.807) is 19.1 Å². The van der Waals surface area contributed by atoms with Gasteiger partial charge in [-0.2, -0.15) is 5.10 Å². The third-order valence-corrected chi connectivity index (χ3v) is 8.72. The Morgan fingerprint density at radius 2 is 1.85 bits per heavy atom. The number of fused-ring (bicyclic) bond motifs is 1. The molecule has 48 heavy (non-hydrogen) atoms. The van der Waals surface area contributed by atoms with Crippen LogP contribution in [-0.2, 0) is 22.4 Å². The molecule has 13 heteroatoms. The number of nitrogens with zero attached hydrogens (tertiary/aromatic N) is 6. The third kappa shape index (κ3) is 7.40. The van der Waals surface area contributed by atoms with E-state index in [2.05, 4.69) is 17.6 Å². The maximum atomic E-state index is 12.6. The van der Waals surface area contributed by atoms with Crippen LogP contribution in [0, 0.1) is 0 Å². The molecule has 2 fully saturated rings. The van der Waals surface area contributed by atoms with Crippen LogP contribution in [0.25, 0.3) is 22.2 Å². The lowest BCUT2D eigenvalue weighted by Crippen LogP contribution is -2.42. The summed E-state index contributed by atoms with van der Waals surface area (Å²) in [6.07, 6.45) is 8.67. The zero-order valence-electron chi connectivity index (χ0n) is 28.7. The van der Waals surface area contributed by atoms with E-state index in [1.165, 1.54) is 0 Å². The molecule has 2 saturated heterocycles. The summed E-state index contributed by atoms with van der Waals surface area (Å²) >= 11 is 0. The van der Waals surface area contributed by atoms with E-state index >= 15 is 0 Å². The molecule has 0 bridgehead atoms. The number of benzene rings is 1. The number of piperidine rings is 1. The Hall–Kier alpha value is -4.65. The van der Waals surface area contributed by atoms with E-state index < -0.39 is 5.60 Å². The van der Waals surface area contributed by atoms with Gasteiger partial charge in [-0.05, 0) is 58.6 Å². The number of rotatable bonds is 10. The second-order valence-electron chi connectivity index (χ2n) is 13.2. The van der Waals surface area contributed by atoms with Crippen LogP contribution in [0.3, 0.4) is 0 Å². The molecule has 0 unspecified atom stereocenters. The average Bonchev–Trinajstić information content (AvgIpc) is 3.79. The number of aryl methyl sites for hydroxylation is 1. The molecule has 2 N–H and O–H groups in total. The number of carbonyl (C=O) groups is 1. The van der Waals surface area contributed by atoms with Gasteiger partial charge in [-0.25, -0.2) is 19.7 Å². The van der Waals surface area contributed by atoms with Crippen molar-refractivity contribution in [2.24, 2.45) is 0 Å². The van der Waals surface area contributed by atoms with Crippen molar-refractivity contribution in [3.8, 4) is 22.6 Å². The molecule has 256 valence electrons. The van der Waals surface area contributed by atoms with E-state index in [0.717, 1.165) is 71.1 Å². The van der Waals surface area contributed by atoms with Gasteiger partial charge in [0, 0.05) is 61.4 Å².